The second-order valence-electron chi connectivity index (χ2n) is 9.25. The van der Waals surface area contributed by atoms with Crippen LogP contribution in [0.3, 0.4) is 0 Å². The van der Waals surface area contributed by atoms with Gasteiger partial charge in [-0.3, -0.25) is 4.79 Å². The number of hydrogen-bond donors (Lipinski definition) is 0. The van der Waals surface area contributed by atoms with Crippen LogP contribution in [0.15, 0.2) is 46.6 Å². The minimum Gasteiger partial charge on any atom is -0.336 e. The molecule has 0 aliphatic carbocycles. The monoisotopic (exact) mass is 386 g/mol. The molecule has 1 saturated heterocycles. The molecule has 0 spiro atoms. The van der Waals surface area contributed by atoms with Gasteiger partial charge in [0.25, 0.3) is 0 Å². The molecule has 0 unspecified atom stereocenters. The third kappa shape index (κ3) is 8.18. The quantitative estimate of drug-likeness (QED) is 0.399. The van der Waals surface area contributed by atoms with Gasteiger partial charge in [0.1, 0.15) is 0 Å². The van der Waals surface area contributed by atoms with Gasteiger partial charge >= 0.3 is 0 Å². The van der Waals surface area contributed by atoms with Crippen LogP contribution in [0.1, 0.15) is 61.3 Å². The molecule has 0 bridgehead atoms. The van der Waals surface area contributed by atoms with Crippen LogP contribution >= 0.6 is 0 Å². The molecule has 0 aromatic heterocycles. The molecule has 0 atom stereocenters. The highest BCUT2D eigenvalue weighted by molar-refractivity contribution is 5.93. The van der Waals surface area contributed by atoms with Crippen molar-refractivity contribution in [2.45, 2.75) is 61.3 Å². The van der Waals surface area contributed by atoms with E-state index in [0.29, 0.717) is 11.8 Å². The first-order valence-corrected chi connectivity index (χ1v) is 10.7. The first-order valence-electron chi connectivity index (χ1n) is 10.7. The Labute approximate surface area is 173 Å². The standard InChI is InChI=1S/C25H42N2O/c1-18(2)14-20(5)16-21(6)23(8)24(15-19(3)4)17-22(7)25(28)27-12-10-26(9)11-13-27/h16-19H,5,10-15H2,1-4,6-9H3/b21-16+,22-17+,24-23+. The summed E-state index contributed by atoms with van der Waals surface area (Å²) in [5.41, 5.74) is 5.79. The van der Waals surface area contributed by atoms with Gasteiger partial charge in [0.2, 0.25) is 5.91 Å². The van der Waals surface area contributed by atoms with Crippen molar-refractivity contribution in [1.29, 1.82) is 0 Å². The van der Waals surface area contributed by atoms with E-state index < -0.39 is 0 Å². The lowest BCUT2D eigenvalue weighted by atomic mass is 9.92. The molecule has 0 aromatic carbocycles. The second-order valence-corrected chi connectivity index (χ2v) is 9.25. The van der Waals surface area contributed by atoms with Crippen molar-refractivity contribution >= 4 is 5.91 Å². The first-order chi connectivity index (χ1) is 13.0. The van der Waals surface area contributed by atoms with Crippen LogP contribution in [0.2, 0.25) is 0 Å². The van der Waals surface area contributed by atoms with Crippen molar-refractivity contribution in [3.8, 4) is 0 Å². The minimum atomic E-state index is 0.174. The van der Waals surface area contributed by atoms with Crippen LogP contribution in [0, 0.1) is 11.8 Å². The van der Waals surface area contributed by atoms with Gasteiger partial charge in [-0.05, 0) is 69.2 Å². The molecule has 1 aliphatic rings. The fraction of sp³-hybridized carbons (Fsp3) is 0.640. The van der Waals surface area contributed by atoms with E-state index in [1.54, 1.807) is 0 Å². The Balaban J connectivity index is 3.09. The average molecular weight is 387 g/mol. The lowest BCUT2D eigenvalue weighted by molar-refractivity contribution is -0.128. The van der Waals surface area contributed by atoms with Crippen LogP contribution in [-0.4, -0.2) is 48.9 Å². The van der Waals surface area contributed by atoms with Crippen molar-refractivity contribution in [3.05, 3.63) is 46.6 Å². The molecule has 0 radical (unpaired) electrons. The molecule has 158 valence electrons. The third-order valence-corrected chi connectivity index (χ3v) is 5.31. The van der Waals surface area contributed by atoms with Gasteiger partial charge in [-0.25, -0.2) is 0 Å². The molecule has 3 nitrogen and oxygen atoms in total. The Kier molecular flexibility index (Phi) is 9.95. The van der Waals surface area contributed by atoms with Crippen LogP contribution in [0.5, 0.6) is 0 Å². The summed E-state index contributed by atoms with van der Waals surface area (Å²) in [5.74, 6) is 1.33. The van der Waals surface area contributed by atoms with E-state index in [1.165, 1.54) is 22.3 Å². The molecule has 3 heteroatoms. The summed E-state index contributed by atoms with van der Waals surface area (Å²) in [6, 6.07) is 0. The summed E-state index contributed by atoms with van der Waals surface area (Å²) < 4.78 is 0. The average Bonchev–Trinajstić information content (AvgIpc) is 2.59. The smallest absolute Gasteiger partial charge is 0.249 e. The predicted molar refractivity (Wildman–Crippen MR) is 122 cm³/mol. The van der Waals surface area contributed by atoms with Gasteiger partial charge in [0.05, 0.1) is 0 Å². The van der Waals surface area contributed by atoms with Crippen molar-refractivity contribution in [2.24, 2.45) is 11.8 Å². The molecule has 1 rings (SSSR count). The molecular formula is C25H42N2O. The summed E-state index contributed by atoms with van der Waals surface area (Å²) in [7, 11) is 2.11. The maximum absolute atomic E-state index is 12.9. The molecule has 1 fully saturated rings. The molecule has 1 amide bonds. The van der Waals surface area contributed by atoms with Gasteiger partial charge < -0.3 is 9.80 Å². The highest BCUT2D eigenvalue weighted by atomic mass is 16.2. The summed E-state index contributed by atoms with van der Waals surface area (Å²) in [4.78, 5) is 17.2. The topological polar surface area (TPSA) is 23.6 Å². The van der Waals surface area contributed by atoms with Gasteiger partial charge in [-0.1, -0.05) is 52.0 Å². The Morgan fingerprint density at radius 1 is 0.893 bits per heavy atom. The SMILES string of the molecule is C=C(/C=C(C)/C(C)=C(/C=C(\C)C(=O)N1CCN(C)CC1)CC(C)C)CC(C)C. The van der Waals surface area contributed by atoms with E-state index in [2.05, 4.69) is 72.2 Å². The van der Waals surface area contributed by atoms with E-state index in [9.17, 15) is 4.79 Å². The number of nitrogens with zero attached hydrogens (tertiary/aromatic N) is 2. The van der Waals surface area contributed by atoms with E-state index in [-0.39, 0.29) is 5.91 Å². The van der Waals surface area contributed by atoms with E-state index >= 15 is 0 Å². The zero-order chi connectivity index (χ0) is 21.4. The molecule has 0 aromatic rings. The second kappa shape index (κ2) is 11.4. The number of carbonyl (C=O) groups excluding carboxylic acids is 1. The molecule has 1 aliphatic heterocycles. The maximum Gasteiger partial charge on any atom is 0.249 e. The van der Waals surface area contributed by atoms with Crippen LogP contribution < -0.4 is 0 Å². The Morgan fingerprint density at radius 3 is 1.93 bits per heavy atom. The number of allylic oxidation sites excluding steroid dienone is 6. The van der Waals surface area contributed by atoms with Gasteiger partial charge in [0.15, 0.2) is 0 Å². The highest BCUT2D eigenvalue weighted by Gasteiger charge is 2.20. The van der Waals surface area contributed by atoms with Crippen LogP contribution in [0.4, 0.5) is 0 Å². The Morgan fingerprint density at radius 2 is 1.43 bits per heavy atom. The Hall–Kier alpha value is -1.61. The largest absolute Gasteiger partial charge is 0.336 e. The maximum atomic E-state index is 12.9. The molecule has 0 N–H and O–H groups in total. The molecule has 0 saturated carbocycles. The zero-order valence-electron chi connectivity index (χ0n) is 19.6. The fourth-order valence-electron chi connectivity index (χ4n) is 3.59. The number of carbonyl (C=O) groups is 1. The number of hydrogen-bond acceptors (Lipinski definition) is 2. The van der Waals surface area contributed by atoms with Crippen LogP contribution in [-0.2, 0) is 4.79 Å². The van der Waals surface area contributed by atoms with Gasteiger partial charge in [-0.2, -0.15) is 0 Å². The third-order valence-electron chi connectivity index (χ3n) is 5.31. The van der Waals surface area contributed by atoms with Crippen molar-refractivity contribution < 1.29 is 4.79 Å². The van der Waals surface area contributed by atoms with E-state index in [4.69, 9.17) is 0 Å². The predicted octanol–water partition coefficient (Wildman–Crippen LogP) is 5.62. The minimum absolute atomic E-state index is 0.174. The van der Waals surface area contributed by atoms with Crippen LogP contribution in [0.25, 0.3) is 0 Å². The summed E-state index contributed by atoms with van der Waals surface area (Å²) in [6.45, 7) is 23.0. The number of likely N-dealkylation sites (N-methyl/N-ethyl adjacent to an activating group) is 1. The number of amides is 1. The van der Waals surface area contributed by atoms with Crippen molar-refractivity contribution in [2.75, 3.05) is 33.2 Å². The van der Waals surface area contributed by atoms with Crippen molar-refractivity contribution in [1.82, 2.24) is 9.80 Å². The van der Waals surface area contributed by atoms with E-state index in [0.717, 1.165) is 44.6 Å². The molecular weight excluding hydrogens is 344 g/mol. The lowest BCUT2D eigenvalue weighted by Gasteiger charge is -2.32. The Bertz CT molecular complexity index is 641. The number of rotatable bonds is 8. The summed E-state index contributed by atoms with van der Waals surface area (Å²) in [6.07, 6.45) is 6.32. The summed E-state index contributed by atoms with van der Waals surface area (Å²) >= 11 is 0. The molecule has 28 heavy (non-hydrogen) atoms. The zero-order valence-corrected chi connectivity index (χ0v) is 19.6. The first kappa shape index (κ1) is 24.4. The van der Waals surface area contributed by atoms with Gasteiger partial charge in [-0.15, -0.1) is 0 Å². The van der Waals surface area contributed by atoms with Gasteiger partial charge in [0, 0.05) is 31.8 Å². The lowest BCUT2D eigenvalue weighted by Crippen LogP contribution is -2.47. The van der Waals surface area contributed by atoms with Crippen molar-refractivity contribution in [3.63, 3.8) is 0 Å². The highest BCUT2D eigenvalue weighted by Crippen LogP contribution is 2.25. The normalized spacial score (nSPS) is 18.0. The fourth-order valence-corrected chi connectivity index (χ4v) is 3.59. The number of piperazine rings is 1. The molecule has 1 heterocycles. The van der Waals surface area contributed by atoms with E-state index in [1.807, 2.05) is 11.8 Å². The summed E-state index contributed by atoms with van der Waals surface area (Å²) in [5, 5.41) is 0.